The number of aliphatic hydroxyl groups is 2. The minimum absolute atomic E-state index is 0.0464. The number of rotatable bonds is 18. The van der Waals surface area contributed by atoms with Crippen LogP contribution in [0.2, 0.25) is 0 Å². The maximum absolute atomic E-state index is 13.6. The summed E-state index contributed by atoms with van der Waals surface area (Å²) in [6, 6.07) is 0. The van der Waals surface area contributed by atoms with Crippen molar-refractivity contribution >= 4 is 24.1 Å². The number of aliphatic hydroxyl groups excluding tert-OH is 2. The van der Waals surface area contributed by atoms with Gasteiger partial charge in [-0.1, -0.05) is 89.6 Å². The predicted octanol–water partition coefficient (Wildman–Crippen LogP) is 6.91. The van der Waals surface area contributed by atoms with Crippen LogP contribution in [0.4, 0.5) is 0 Å². The first-order chi connectivity index (χ1) is 32.3. The van der Waals surface area contributed by atoms with Crippen molar-refractivity contribution < 1.29 is 67.3 Å². The maximum atomic E-state index is 13.6. The monoisotopic (exact) mass is 960 g/mol. The molecule has 0 aromatic carbocycles. The molecular formula is C53H85NO14. The van der Waals surface area contributed by atoms with E-state index in [-0.39, 0.29) is 72.9 Å². The lowest BCUT2D eigenvalue weighted by molar-refractivity contribution is -0.160. The highest BCUT2D eigenvalue weighted by Crippen LogP contribution is 2.33. The van der Waals surface area contributed by atoms with Gasteiger partial charge in [0.05, 0.1) is 42.7 Å². The molecule has 2 aliphatic rings. The minimum Gasteiger partial charge on any atom is -0.458 e. The van der Waals surface area contributed by atoms with Gasteiger partial charge in [-0.15, -0.1) is 0 Å². The third kappa shape index (κ3) is 19.5. The fraction of sp³-hybridized carbons (Fsp3) is 0.698. The Morgan fingerprint density at radius 1 is 0.853 bits per heavy atom. The number of methoxy groups -OCH3 is 6. The first kappa shape index (κ1) is 60.3. The van der Waals surface area contributed by atoms with Crippen molar-refractivity contribution in [1.82, 2.24) is 4.90 Å². The van der Waals surface area contributed by atoms with E-state index in [1.54, 1.807) is 74.1 Å². The molecule has 0 aromatic rings. The zero-order chi connectivity index (χ0) is 51.1. The number of cyclic esters (lactones) is 1. The van der Waals surface area contributed by atoms with Crippen LogP contribution in [0.3, 0.4) is 0 Å². The number of nitrogens with zero attached hydrogens (tertiary/aromatic N) is 1. The molecule has 0 aromatic heterocycles. The van der Waals surface area contributed by atoms with Crippen LogP contribution >= 0.6 is 0 Å². The van der Waals surface area contributed by atoms with Gasteiger partial charge in [0, 0.05) is 117 Å². The molecule has 15 heteroatoms. The average molecular weight is 960 g/mol. The van der Waals surface area contributed by atoms with E-state index in [2.05, 4.69) is 0 Å². The third-order valence-corrected chi connectivity index (χ3v) is 13.7. The molecule has 2 heterocycles. The second kappa shape index (κ2) is 31.4. The molecule has 1 amide bonds. The topological polar surface area (TPSA) is 186 Å². The van der Waals surface area contributed by atoms with Gasteiger partial charge in [0.25, 0.3) is 0 Å². The van der Waals surface area contributed by atoms with Gasteiger partial charge in [0.2, 0.25) is 6.41 Å². The Morgan fingerprint density at radius 2 is 1.53 bits per heavy atom. The zero-order valence-electron chi connectivity index (χ0n) is 43.3. The van der Waals surface area contributed by atoms with Gasteiger partial charge in [0.1, 0.15) is 24.1 Å². The number of Topliss-reactive ketones (excluding diaryl/α,β-unsaturated/α-hetero) is 1. The smallest absolute Gasteiger partial charge is 0.331 e. The lowest BCUT2D eigenvalue weighted by atomic mass is 9.81. The van der Waals surface area contributed by atoms with Crippen molar-refractivity contribution in [2.45, 2.75) is 154 Å². The van der Waals surface area contributed by atoms with Crippen molar-refractivity contribution in [1.29, 1.82) is 0 Å². The van der Waals surface area contributed by atoms with Gasteiger partial charge in [-0.2, -0.15) is 0 Å². The number of amides is 1. The highest BCUT2D eigenvalue weighted by atomic mass is 16.6. The molecule has 0 aliphatic carbocycles. The molecule has 0 saturated heterocycles. The summed E-state index contributed by atoms with van der Waals surface area (Å²) < 4.78 is 47.1. The lowest BCUT2D eigenvalue weighted by Gasteiger charge is -2.37. The minimum atomic E-state index is -1.09. The molecule has 2 N–H and O–H groups in total. The summed E-state index contributed by atoms with van der Waals surface area (Å²) in [5.74, 6) is -2.82. The van der Waals surface area contributed by atoms with E-state index in [1.807, 2.05) is 72.8 Å². The van der Waals surface area contributed by atoms with Crippen molar-refractivity contribution in [3.05, 3.63) is 72.0 Å². The standard InChI is InChI=1S/C53H85NO14/c1-33-17-15-19-48(58)67-52(39(7)51(66-14)35(3)22-25-44(57)37(5)45(63-11)18-16-26-54(8)32-55)36(4)20-23-41(56)30-46(64-12)34(2)21-24-42(61-9)31-47(65-13)38(6)53-50(60)40(29-49(59)68-53)28-43(27-33)62-10/h15-17,19-21,23-24,26,29,32,34-39,41-43,45-47,50-53,56,60H,18,22,25,27-28,30-31H2,1-14H3/t34?,35?,36?,37?,38?,39?,41?,42?,43?,45?,46?,47?,50-,51?,52?,53-/m0/s1. The summed E-state index contributed by atoms with van der Waals surface area (Å²) in [5, 5.41) is 22.9. The first-order valence-electron chi connectivity index (χ1n) is 24.0. The second-order valence-corrected chi connectivity index (χ2v) is 18.8. The Kier molecular flexibility index (Phi) is 27.9. The number of ether oxygens (including phenoxy) is 8. The van der Waals surface area contributed by atoms with Crippen molar-refractivity contribution in [2.75, 3.05) is 49.7 Å². The average Bonchev–Trinajstić information content (AvgIpc) is 3.32. The largest absolute Gasteiger partial charge is 0.458 e. The Bertz CT molecular complexity index is 1720. The molecular weight excluding hydrogens is 875 g/mol. The number of ketones is 1. The number of hydrogen-bond donors (Lipinski definition) is 2. The molecule has 2 bridgehead atoms. The number of esters is 2. The number of fused-ring (bicyclic) bond motifs is 2. The molecule has 14 unspecified atom stereocenters. The van der Waals surface area contributed by atoms with Gasteiger partial charge < -0.3 is 53.0 Å². The van der Waals surface area contributed by atoms with Crippen LogP contribution in [0.15, 0.2) is 72.0 Å². The van der Waals surface area contributed by atoms with Gasteiger partial charge in [0.15, 0.2) is 0 Å². The summed E-state index contributed by atoms with van der Waals surface area (Å²) in [7, 11) is 11.2. The van der Waals surface area contributed by atoms with E-state index >= 15 is 0 Å². The predicted molar refractivity (Wildman–Crippen MR) is 261 cm³/mol. The molecule has 0 saturated carbocycles. The Morgan fingerprint density at radius 3 is 2.13 bits per heavy atom. The van der Waals surface area contributed by atoms with Crippen LogP contribution in [0.25, 0.3) is 0 Å². The lowest BCUT2D eigenvalue weighted by Crippen LogP contribution is -2.46. The molecule has 68 heavy (non-hydrogen) atoms. The van der Waals surface area contributed by atoms with Crippen molar-refractivity contribution in [3.8, 4) is 0 Å². The third-order valence-electron chi connectivity index (χ3n) is 13.7. The number of hydrogen-bond acceptors (Lipinski definition) is 14. The fourth-order valence-electron chi connectivity index (χ4n) is 9.26. The fourth-order valence-corrected chi connectivity index (χ4v) is 9.26. The number of allylic oxidation sites excluding steroid dienone is 2. The van der Waals surface area contributed by atoms with Gasteiger partial charge in [-0.25, -0.2) is 9.59 Å². The Balaban J connectivity index is 2.49. The summed E-state index contributed by atoms with van der Waals surface area (Å²) in [4.78, 5) is 52.4. The Hall–Kier alpha value is -3.80. The van der Waals surface area contributed by atoms with E-state index in [0.29, 0.717) is 37.7 Å². The van der Waals surface area contributed by atoms with Crippen molar-refractivity contribution in [2.24, 2.45) is 35.5 Å². The molecule has 0 fully saturated rings. The maximum Gasteiger partial charge on any atom is 0.331 e. The van der Waals surface area contributed by atoms with Crippen LogP contribution in [0.1, 0.15) is 93.4 Å². The van der Waals surface area contributed by atoms with Crippen LogP contribution < -0.4 is 0 Å². The normalized spacial score (nSPS) is 30.9. The van der Waals surface area contributed by atoms with Crippen LogP contribution in [0, 0.1) is 35.5 Å². The van der Waals surface area contributed by atoms with Crippen LogP contribution in [-0.2, 0) is 57.1 Å². The number of carbonyl (C=O) groups is 4. The Labute approximate surface area is 406 Å². The van der Waals surface area contributed by atoms with Crippen molar-refractivity contribution in [3.63, 3.8) is 0 Å². The summed E-state index contributed by atoms with van der Waals surface area (Å²) >= 11 is 0. The molecule has 16 atom stereocenters. The van der Waals surface area contributed by atoms with Crippen LogP contribution in [-0.4, -0.2) is 150 Å². The summed E-state index contributed by atoms with van der Waals surface area (Å²) in [6.45, 7) is 13.5. The highest BCUT2D eigenvalue weighted by molar-refractivity contribution is 5.84. The van der Waals surface area contributed by atoms with Gasteiger partial charge in [-0.05, 0) is 44.1 Å². The quantitative estimate of drug-likeness (QED) is 0.0821. The summed E-state index contributed by atoms with van der Waals surface area (Å²) in [5.41, 5.74) is 1.38. The highest BCUT2D eigenvalue weighted by Gasteiger charge is 2.40. The van der Waals surface area contributed by atoms with E-state index < -0.39 is 60.6 Å². The van der Waals surface area contributed by atoms with E-state index in [4.69, 9.17) is 37.9 Å². The van der Waals surface area contributed by atoms with E-state index in [0.717, 1.165) is 5.57 Å². The number of carbonyl (C=O) groups excluding carboxylic acids is 4. The first-order valence-corrected chi connectivity index (χ1v) is 24.0. The molecule has 0 spiro atoms. The van der Waals surface area contributed by atoms with Crippen LogP contribution in [0.5, 0.6) is 0 Å². The van der Waals surface area contributed by atoms with Gasteiger partial charge in [-0.3, -0.25) is 9.59 Å². The second-order valence-electron chi connectivity index (χ2n) is 18.8. The zero-order valence-corrected chi connectivity index (χ0v) is 43.3. The SMILES string of the molecule is COC1C=CC(C)C(OC)CC(O)C=CC(C)C(C(C)C(OC)C(C)CCC(=O)C(C)C(CC=CN(C)C=O)OC)OC(=O)C=CC=C(C)CC(OC)CC2=CC(=O)O[C@@H](C(C)C(OC)C1)[C@H]2O. The van der Waals surface area contributed by atoms with E-state index in [1.165, 1.54) is 17.1 Å². The van der Waals surface area contributed by atoms with Gasteiger partial charge >= 0.3 is 11.9 Å². The molecule has 2 rings (SSSR count). The van der Waals surface area contributed by atoms with E-state index in [9.17, 15) is 29.4 Å². The molecule has 386 valence electrons. The molecule has 2 aliphatic heterocycles. The molecule has 0 radical (unpaired) electrons. The summed E-state index contributed by atoms with van der Waals surface area (Å²) in [6.07, 6.45) is 14.5. The molecule has 15 nitrogen and oxygen atoms in total.